The molecule has 2 aromatic carbocycles. The number of ether oxygens (including phenoxy) is 1. The molecule has 1 aliphatic heterocycles. The fourth-order valence-electron chi connectivity index (χ4n) is 3.75. The van der Waals surface area contributed by atoms with E-state index in [1.165, 1.54) is 35.2 Å². The first-order valence-electron chi connectivity index (χ1n) is 10.2. The molecule has 0 bridgehead atoms. The summed E-state index contributed by atoms with van der Waals surface area (Å²) < 4.78 is 84.5. The average molecular weight is 529 g/mol. The molecule has 34 heavy (non-hydrogen) atoms. The number of halogens is 8. The molecule has 0 radical (unpaired) electrons. The van der Waals surface area contributed by atoms with E-state index < -0.39 is 36.7 Å². The molecule has 1 N–H and O–H groups in total. The Kier molecular flexibility index (Phi) is 8.26. The molecule has 0 aliphatic carbocycles. The van der Waals surface area contributed by atoms with Crippen LogP contribution in [0.1, 0.15) is 29.9 Å². The molecule has 0 aromatic heterocycles. The Morgan fingerprint density at radius 1 is 1.09 bits per heavy atom. The molecule has 186 valence electrons. The second-order valence-electron chi connectivity index (χ2n) is 7.91. The highest BCUT2D eigenvalue weighted by atomic mass is 35.5. The minimum atomic E-state index is -4.85. The second kappa shape index (κ2) is 10.6. The highest BCUT2D eigenvalue weighted by Crippen LogP contribution is 2.34. The lowest BCUT2D eigenvalue weighted by Crippen LogP contribution is -2.47. The number of benzene rings is 2. The van der Waals surface area contributed by atoms with Gasteiger partial charge in [-0.05, 0) is 55.1 Å². The number of hydrogen-bond acceptors (Lipinski definition) is 3. The summed E-state index contributed by atoms with van der Waals surface area (Å²) in [7, 11) is 0. The first-order valence-corrected chi connectivity index (χ1v) is 11.0. The Morgan fingerprint density at radius 2 is 1.82 bits per heavy atom. The molecular formula is C22H20Cl2F6N2O2. The molecule has 1 fully saturated rings. The van der Waals surface area contributed by atoms with Gasteiger partial charge in [-0.2, -0.15) is 26.3 Å². The molecule has 1 unspecified atom stereocenters. The van der Waals surface area contributed by atoms with Crippen LogP contribution in [0.3, 0.4) is 0 Å². The summed E-state index contributed by atoms with van der Waals surface area (Å²) in [5.74, 6) is -0.380. The third-order valence-corrected chi connectivity index (χ3v) is 6.13. The van der Waals surface area contributed by atoms with Gasteiger partial charge < -0.3 is 4.74 Å². The van der Waals surface area contributed by atoms with Crippen LogP contribution in [0.4, 0.5) is 36.8 Å². The summed E-state index contributed by atoms with van der Waals surface area (Å²) in [5.41, 5.74) is -0.304. The predicted molar refractivity (Wildman–Crippen MR) is 116 cm³/mol. The lowest BCUT2D eigenvalue weighted by molar-refractivity contribution is -0.207. The lowest BCUT2D eigenvalue weighted by Gasteiger charge is -2.35. The SMILES string of the molecule is O=C(Nc1ccc(Cl)c(Cl)c1)O[C@@H](CN1CCCC(c2cccc(C(F)(F)F)c2)C1)C(F)(F)F. The number of likely N-dealkylation sites (tertiary alicyclic amines) is 1. The van der Waals surface area contributed by atoms with E-state index in [2.05, 4.69) is 10.1 Å². The number of anilines is 1. The van der Waals surface area contributed by atoms with Gasteiger partial charge in [-0.3, -0.25) is 10.2 Å². The minimum Gasteiger partial charge on any atom is -0.435 e. The summed E-state index contributed by atoms with van der Waals surface area (Å²) in [4.78, 5) is 13.5. The van der Waals surface area contributed by atoms with Crippen LogP contribution in [0.15, 0.2) is 42.5 Å². The van der Waals surface area contributed by atoms with Crippen LogP contribution in [0.5, 0.6) is 0 Å². The maximum atomic E-state index is 13.6. The fourth-order valence-corrected chi connectivity index (χ4v) is 4.05. The van der Waals surface area contributed by atoms with Gasteiger partial charge in [-0.25, -0.2) is 4.79 Å². The van der Waals surface area contributed by atoms with Crippen molar-refractivity contribution in [2.75, 3.05) is 25.0 Å². The maximum Gasteiger partial charge on any atom is 0.426 e. The van der Waals surface area contributed by atoms with Crippen molar-refractivity contribution < 1.29 is 35.9 Å². The van der Waals surface area contributed by atoms with Crippen molar-refractivity contribution >= 4 is 35.0 Å². The summed E-state index contributed by atoms with van der Waals surface area (Å²) in [6, 6.07) is 8.77. The number of piperidine rings is 1. The zero-order valence-corrected chi connectivity index (χ0v) is 19.0. The first kappa shape index (κ1) is 26.4. The van der Waals surface area contributed by atoms with Crippen molar-refractivity contribution in [3.05, 3.63) is 63.6 Å². The van der Waals surface area contributed by atoms with Crippen molar-refractivity contribution in [1.82, 2.24) is 4.90 Å². The van der Waals surface area contributed by atoms with Crippen LogP contribution in [0.25, 0.3) is 0 Å². The van der Waals surface area contributed by atoms with Gasteiger partial charge in [0.25, 0.3) is 0 Å². The largest absolute Gasteiger partial charge is 0.435 e. The Hall–Kier alpha value is -2.17. The molecule has 1 heterocycles. The summed E-state index contributed by atoms with van der Waals surface area (Å²) in [5, 5.41) is 2.48. The monoisotopic (exact) mass is 528 g/mol. The molecule has 3 rings (SSSR count). The standard InChI is InChI=1S/C22H20Cl2F6N2O2/c23-17-7-6-16(10-18(17)24)31-20(33)34-19(22(28,29)30)12-32-8-2-4-14(11-32)13-3-1-5-15(9-13)21(25,26)27/h1,3,5-7,9-10,14,19H,2,4,8,11-12H2,(H,31,33)/t14?,19-/m0/s1. The van der Waals surface area contributed by atoms with E-state index in [4.69, 9.17) is 23.2 Å². The van der Waals surface area contributed by atoms with E-state index in [9.17, 15) is 31.1 Å². The molecule has 2 atom stereocenters. The van der Waals surface area contributed by atoms with Gasteiger partial charge in [0.05, 0.1) is 15.6 Å². The van der Waals surface area contributed by atoms with Gasteiger partial charge in [-0.1, -0.05) is 41.4 Å². The van der Waals surface area contributed by atoms with Crippen molar-refractivity contribution in [2.45, 2.75) is 37.2 Å². The highest BCUT2D eigenvalue weighted by molar-refractivity contribution is 6.42. The van der Waals surface area contributed by atoms with Crippen molar-refractivity contribution in [2.24, 2.45) is 0 Å². The van der Waals surface area contributed by atoms with E-state index in [1.54, 1.807) is 0 Å². The summed E-state index contributed by atoms with van der Waals surface area (Å²) >= 11 is 11.6. The zero-order valence-electron chi connectivity index (χ0n) is 17.5. The Morgan fingerprint density at radius 3 is 2.47 bits per heavy atom. The van der Waals surface area contributed by atoms with Crippen LogP contribution >= 0.6 is 23.2 Å². The zero-order chi connectivity index (χ0) is 25.1. The number of rotatable bonds is 5. The third kappa shape index (κ3) is 7.16. The number of nitrogens with one attached hydrogen (secondary N) is 1. The first-order chi connectivity index (χ1) is 15.8. The molecule has 2 aromatic rings. The van der Waals surface area contributed by atoms with Crippen molar-refractivity contribution in [3.8, 4) is 0 Å². The van der Waals surface area contributed by atoms with Crippen molar-refractivity contribution in [3.63, 3.8) is 0 Å². The smallest absolute Gasteiger partial charge is 0.426 e. The van der Waals surface area contributed by atoms with Crippen LogP contribution in [0.2, 0.25) is 10.0 Å². The molecule has 1 saturated heterocycles. The highest BCUT2D eigenvalue weighted by Gasteiger charge is 2.44. The van der Waals surface area contributed by atoms with Gasteiger partial charge in [0, 0.05) is 18.8 Å². The molecule has 12 heteroatoms. The minimum absolute atomic E-state index is 0.0980. The van der Waals surface area contributed by atoms with Crippen LogP contribution in [-0.4, -0.2) is 42.9 Å². The van der Waals surface area contributed by atoms with E-state index in [0.717, 1.165) is 12.1 Å². The van der Waals surface area contributed by atoms with Crippen LogP contribution < -0.4 is 5.32 Å². The molecule has 0 saturated carbocycles. The Bertz CT molecular complexity index is 1020. The van der Waals surface area contributed by atoms with Gasteiger partial charge in [-0.15, -0.1) is 0 Å². The van der Waals surface area contributed by atoms with E-state index in [0.29, 0.717) is 24.9 Å². The Balaban J connectivity index is 1.66. The molecule has 4 nitrogen and oxygen atoms in total. The predicted octanol–water partition coefficient (Wildman–Crippen LogP) is 7.37. The van der Waals surface area contributed by atoms with Crippen LogP contribution in [0, 0.1) is 0 Å². The fraction of sp³-hybridized carbons (Fsp3) is 0.409. The van der Waals surface area contributed by atoms with E-state index in [1.807, 2.05) is 0 Å². The third-order valence-electron chi connectivity index (χ3n) is 5.40. The van der Waals surface area contributed by atoms with E-state index >= 15 is 0 Å². The van der Waals surface area contributed by atoms with Gasteiger partial charge in [0.1, 0.15) is 0 Å². The second-order valence-corrected chi connectivity index (χ2v) is 8.73. The normalized spacial score (nSPS) is 18.4. The summed E-state index contributed by atoms with van der Waals surface area (Å²) in [6.45, 7) is -0.251. The number of hydrogen-bond donors (Lipinski definition) is 1. The van der Waals surface area contributed by atoms with E-state index in [-0.39, 0.29) is 28.2 Å². The number of alkyl halides is 6. The molecule has 0 spiro atoms. The Labute approximate surface area is 201 Å². The molecule has 1 amide bonds. The van der Waals surface area contributed by atoms with Crippen LogP contribution in [-0.2, 0) is 10.9 Å². The maximum absolute atomic E-state index is 13.6. The average Bonchev–Trinajstić information content (AvgIpc) is 2.75. The van der Waals surface area contributed by atoms with Crippen molar-refractivity contribution in [1.29, 1.82) is 0 Å². The number of carbonyl (C=O) groups is 1. The van der Waals surface area contributed by atoms with Gasteiger partial charge in [0.15, 0.2) is 0 Å². The molecular weight excluding hydrogens is 509 g/mol. The number of carbonyl (C=O) groups excluding carboxylic acids is 1. The number of amides is 1. The van der Waals surface area contributed by atoms with Gasteiger partial charge in [0.2, 0.25) is 6.10 Å². The quantitative estimate of drug-likeness (QED) is 0.412. The lowest BCUT2D eigenvalue weighted by atomic mass is 9.89. The summed E-state index contributed by atoms with van der Waals surface area (Å²) in [6.07, 6.45) is -12.1. The number of nitrogens with zero attached hydrogens (tertiary/aromatic N) is 1. The molecule has 1 aliphatic rings. The van der Waals surface area contributed by atoms with Gasteiger partial charge >= 0.3 is 18.4 Å². The topological polar surface area (TPSA) is 41.6 Å².